The van der Waals surface area contributed by atoms with Crippen LogP contribution in [0.15, 0.2) is 58.1 Å². The van der Waals surface area contributed by atoms with E-state index in [1.54, 1.807) is 6.20 Å². The van der Waals surface area contributed by atoms with Crippen LogP contribution in [-0.2, 0) is 12.0 Å². The molecule has 4 nitrogen and oxygen atoms in total. The number of hydrogen-bond acceptors (Lipinski definition) is 2. The van der Waals surface area contributed by atoms with Crippen LogP contribution in [0.4, 0.5) is 0 Å². The van der Waals surface area contributed by atoms with Crippen molar-refractivity contribution in [2.24, 2.45) is 4.99 Å². The van der Waals surface area contributed by atoms with E-state index in [4.69, 9.17) is 0 Å². The molecule has 0 bridgehead atoms. The minimum atomic E-state index is 0. The minimum Gasteiger partial charge on any atom is -0.357 e. The van der Waals surface area contributed by atoms with Gasteiger partial charge in [0.25, 0.3) is 0 Å². The van der Waals surface area contributed by atoms with Gasteiger partial charge in [-0.15, -0.1) is 24.0 Å². The smallest absolute Gasteiger partial charge is 0.191 e. The van der Waals surface area contributed by atoms with Crippen molar-refractivity contribution in [1.82, 2.24) is 15.6 Å². The molecule has 0 saturated heterocycles. The van der Waals surface area contributed by atoms with Crippen LogP contribution in [0.2, 0.25) is 0 Å². The molecule has 134 valence electrons. The summed E-state index contributed by atoms with van der Waals surface area (Å²) >= 11 is 3.57. The lowest BCUT2D eigenvalue weighted by Gasteiger charge is -2.19. The Hall–Kier alpha value is -1.15. The fourth-order valence-electron chi connectivity index (χ4n) is 2.78. The molecule has 3 rings (SSSR count). The van der Waals surface area contributed by atoms with E-state index < -0.39 is 0 Å². The highest BCUT2D eigenvalue weighted by Gasteiger charge is 2.44. The number of nitrogens with zero attached hydrogens (tertiary/aromatic N) is 2. The number of hydrogen-bond donors (Lipinski definition) is 2. The summed E-state index contributed by atoms with van der Waals surface area (Å²) in [7, 11) is 0. The summed E-state index contributed by atoms with van der Waals surface area (Å²) in [6.45, 7) is 4.41. The Bertz CT molecular complexity index is 702. The zero-order valence-corrected chi connectivity index (χ0v) is 18.3. The average Bonchev–Trinajstić information content (AvgIpc) is 3.40. The normalized spacial score (nSPS) is 15.2. The lowest BCUT2D eigenvalue weighted by atomic mass is 9.96. The van der Waals surface area contributed by atoms with E-state index in [-0.39, 0.29) is 29.4 Å². The Morgan fingerprint density at radius 1 is 1.20 bits per heavy atom. The summed E-state index contributed by atoms with van der Waals surface area (Å²) in [5.74, 6) is 0.851. The van der Waals surface area contributed by atoms with Crippen molar-refractivity contribution in [2.45, 2.75) is 31.7 Å². The van der Waals surface area contributed by atoms with E-state index in [0.717, 1.165) is 29.2 Å². The van der Waals surface area contributed by atoms with Crippen LogP contribution in [0.3, 0.4) is 0 Å². The number of pyridine rings is 1. The van der Waals surface area contributed by atoms with Gasteiger partial charge in [0.2, 0.25) is 0 Å². The number of aromatic nitrogens is 1. The van der Waals surface area contributed by atoms with Gasteiger partial charge in [-0.1, -0.05) is 34.1 Å². The van der Waals surface area contributed by atoms with Gasteiger partial charge < -0.3 is 10.6 Å². The number of nitrogens with one attached hydrogen (secondary N) is 2. The van der Waals surface area contributed by atoms with Crippen molar-refractivity contribution in [3.63, 3.8) is 0 Å². The lowest BCUT2D eigenvalue weighted by molar-refractivity contribution is 0.645. The molecule has 0 amide bonds. The third-order valence-electron chi connectivity index (χ3n) is 4.35. The number of rotatable bonds is 6. The Labute approximate surface area is 175 Å². The van der Waals surface area contributed by atoms with E-state index >= 15 is 0 Å². The van der Waals surface area contributed by atoms with Crippen molar-refractivity contribution >= 4 is 45.9 Å². The standard InChI is InChI=1S/C19H23BrN4.HI/c1-2-21-18(23-13-17-8-3-4-11-22-17)24-14-19(9-10-19)15-6-5-7-16(20)12-15;/h3-8,11-12H,2,9-10,13-14H2,1H3,(H2,21,23,24);1H. The number of guanidine groups is 1. The topological polar surface area (TPSA) is 49.3 Å². The summed E-state index contributed by atoms with van der Waals surface area (Å²) in [5, 5.41) is 6.83. The molecule has 2 N–H and O–H groups in total. The van der Waals surface area contributed by atoms with E-state index in [9.17, 15) is 0 Å². The third kappa shape index (κ3) is 5.67. The van der Waals surface area contributed by atoms with E-state index in [2.05, 4.69) is 67.7 Å². The molecular formula is C19H24BrIN4. The summed E-state index contributed by atoms with van der Waals surface area (Å²) in [4.78, 5) is 8.97. The van der Waals surface area contributed by atoms with Gasteiger partial charge in [0, 0.05) is 29.2 Å². The quantitative estimate of drug-likeness (QED) is 0.344. The van der Waals surface area contributed by atoms with Crippen LogP contribution < -0.4 is 10.6 Å². The molecule has 6 heteroatoms. The van der Waals surface area contributed by atoms with Gasteiger partial charge in [0.05, 0.1) is 12.2 Å². The second-order valence-corrected chi connectivity index (χ2v) is 7.08. The predicted octanol–water partition coefficient (Wildman–Crippen LogP) is 4.25. The molecule has 1 aliphatic rings. The van der Waals surface area contributed by atoms with Gasteiger partial charge in [-0.2, -0.15) is 0 Å². The minimum absolute atomic E-state index is 0. The van der Waals surface area contributed by atoms with Crippen molar-refractivity contribution in [3.05, 3.63) is 64.4 Å². The number of halogens is 2. The SMILES string of the molecule is CCNC(=NCc1ccccn1)NCC1(c2cccc(Br)c2)CC1.I. The van der Waals surface area contributed by atoms with Crippen molar-refractivity contribution in [2.75, 3.05) is 13.1 Å². The first-order valence-electron chi connectivity index (χ1n) is 8.40. The van der Waals surface area contributed by atoms with Gasteiger partial charge in [-0.3, -0.25) is 4.98 Å². The Morgan fingerprint density at radius 2 is 2.04 bits per heavy atom. The summed E-state index contributed by atoms with van der Waals surface area (Å²) < 4.78 is 1.14. The first kappa shape index (κ1) is 20.2. The largest absolute Gasteiger partial charge is 0.357 e. The zero-order chi connectivity index (χ0) is 16.8. The summed E-state index contributed by atoms with van der Waals surface area (Å²) in [6, 6.07) is 14.5. The van der Waals surface area contributed by atoms with Crippen molar-refractivity contribution in [1.29, 1.82) is 0 Å². The Balaban J connectivity index is 0.00000225. The van der Waals surface area contributed by atoms with E-state index in [1.807, 2.05) is 18.2 Å². The fraction of sp³-hybridized carbons (Fsp3) is 0.368. The van der Waals surface area contributed by atoms with Gasteiger partial charge in [-0.05, 0) is 49.6 Å². The molecule has 0 spiro atoms. The first-order valence-corrected chi connectivity index (χ1v) is 9.19. The molecule has 1 fully saturated rings. The van der Waals surface area contributed by atoms with Gasteiger partial charge in [-0.25, -0.2) is 4.99 Å². The molecule has 25 heavy (non-hydrogen) atoms. The van der Waals surface area contributed by atoms with Crippen molar-refractivity contribution in [3.8, 4) is 0 Å². The van der Waals surface area contributed by atoms with Gasteiger partial charge in [0.1, 0.15) is 0 Å². The molecule has 0 atom stereocenters. The van der Waals surface area contributed by atoms with E-state index in [0.29, 0.717) is 6.54 Å². The Kier molecular flexibility index (Phi) is 7.68. The number of aliphatic imine (C=N–C) groups is 1. The van der Waals surface area contributed by atoms with Crippen LogP contribution in [-0.4, -0.2) is 24.0 Å². The molecule has 0 aliphatic heterocycles. The average molecular weight is 515 g/mol. The Morgan fingerprint density at radius 3 is 2.68 bits per heavy atom. The first-order chi connectivity index (χ1) is 11.7. The number of benzene rings is 1. The third-order valence-corrected chi connectivity index (χ3v) is 4.85. The summed E-state index contributed by atoms with van der Waals surface area (Å²) in [6.07, 6.45) is 4.24. The second kappa shape index (κ2) is 9.52. The lowest BCUT2D eigenvalue weighted by Crippen LogP contribution is -2.41. The van der Waals surface area contributed by atoms with Crippen LogP contribution in [0.1, 0.15) is 31.0 Å². The van der Waals surface area contributed by atoms with Crippen LogP contribution in [0.5, 0.6) is 0 Å². The molecule has 1 saturated carbocycles. The monoisotopic (exact) mass is 514 g/mol. The van der Waals surface area contributed by atoms with Gasteiger partial charge >= 0.3 is 0 Å². The molecule has 1 aliphatic carbocycles. The van der Waals surface area contributed by atoms with Crippen molar-refractivity contribution < 1.29 is 0 Å². The second-order valence-electron chi connectivity index (χ2n) is 6.16. The molecule has 1 aromatic carbocycles. The molecule has 1 heterocycles. The maximum atomic E-state index is 4.65. The maximum absolute atomic E-state index is 4.65. The highest BCUT2D eigenvalue weighted by atomic mass is 127. The van der Waals surface area contributed by atoms with Gasteiger partial charge in [0.15, 0.2) is 5.96 Å². The predicted molar refractivity (Wildman–Crippen MR) is 118 cm³/mol. The van der Waals surface area contributed by atoms with Crippen LogP contribution >= 0.6 is 39.9 Å². The molecule has 0 unspecified atom stereocenters. The van der Waals surface area contributed by atoms with Crippen LogP contribution in [0, 0.1) is 0 Å². The van der Waals surface area contributed by atoms with E-state index in [1.165, 1.54) is 18.4 Å². The van der Waals surface area contributed by atoms with Crippen LogP contribution in [0.25, 0.3) is 0 Å². The zero-order valence-electron chi connectivity index (χ0n) is 14.3. The molecular weight excluding hydrogens is 491 g/mol. The molecule has 1 aromatic heterocycles. The highest BCUT2D eigenvalue weighted by Crippen LogP contribution is 2.48. The highest BCUT2D eigenvalue weighted by molar-refractivity contribution is 14.0. The summed E-state index contributed by atoms with van der Waals surface area (Å²) in [5.41, 5.74) is 2.61. The maximum Gasteiger partial charge on any atom is 0.191 e. The molecule has 2 aromatic rings. The molecule has 0 radical (unpaired) electrons. The fourth-order valence-corrected chi connectivity index (χ4v) is 3.18.